The molecule has 2 N–H and O–H groups in total. The van der Waals surface area contributed by atoms with E-state index < -0.39 is 5.97 Å². The van der Waals surface area contributed by atoms with Crippen LogP contribution < -0.4 is 15.3 Å². The van der Waals surface area contributed by atoms with Gasteiger partial charge in [0.15, 0.2) is 6.54 Å². The number of carbonyl (C=O) groups is 3. The number of carboxylic acids is 1. The molecule has 1 aliphatic heterocycles. The van der Waals surface area contributed by atoms with Crippen molar-refractivity contribution in [2.75, 3.05) is 38.0 Å². The van der Waals surface area contributed by atoms with E-state index in [0.29, 0.717) is 37.6 Å². The van der Waals surface area contributed by atoms with Crippen LogP contribution in [0.4, 0.5) is 5.00 Å². The molecule has 1 saturated heterocycles. The number of thiophene rings is 1. The average molecular weight is 339 g/mol. The van der Waals surface area contributed by atoms with Crippen molar-refractivity contribution in [1.82, 2.24) is 4.90 Å². The van der Waals surface area contributed by atoms with Crippen LogP contribution in [-0.2, 0) is 16.0 Å². The number of rotatable bonds is 5. The summed E-state index contributed by atoms with van der Waals surface area (Å²) in [6.07, 6.45) is 0.707. The molecule has 0 aliphatic carbocycles. The van der Waals surface area contributed by atoms with Gasteiger partial charge in [-0.2, -0.15) is 0 Å². The first kappa shape index (κ1) is 17.4. The lowest BCUT2D eigenvalue weighted by Crippen LogP contribution is -3.15. The molecule has 0 unspecified atom stereocenters. The summed E-state index contributed by atoms with van der Waals surface area (Å²) in [6, 6.07) is 1.55. The number of hydrogen-bond donors (Lipinski definition) is 2. The molecule has 1 aromatic heterocycles. The fourth-order valence-electron chi connectivity index (χ4n) is 2.57. The molecule has 23 heavy (non-hydrogen) atoms. The minimum absolute atomic E-state index is 0.0385. The lowest BCUT2D eigenvalue weighted by atomic mass is 10.2. The van der Waals surface area contributed by atoms with Crippen LogP contribution in [0.15, 0.2) is 6.07 Å². The number of anilines is 1. The molecule has 8 heteroatoms. The van der Waals surface area contributed by atoms with E-state index >= 15 is 0 Å². The lowest BCUT2D eigenvalue weighted by molar-refractivity contribution is -0.895. The van der Waals surface area contributed by atoms with Gasteiger partial charge in [0.1, 0.15) is 5.00 Å². The Bertz CT molecular complexity index is 606. The lowest BCUT2D eigenvalue weighted by Gasteiger charge is -2.31. The summed E-state index contributed by atoms with van der Waals surface area (Å²) in [5.41, 5.74) is 0.0385. The van der Waals surface area contributed by atoms with Gasteiger partial charge < -0.3 is 25.0 Å². The first-order valence-electron chi connectivity index (χ1n) is 7.63. The second-order valence-corrected chi connectivity index (χ2v) is 6.71. The number of carbonyl (C=O) groups excluding carboxylic acids is 3. The monoisotopic (exact) mass is 339 g/mol. The zero-order valence-corrected chi connectivity index (χ0v) is 14.1. The van der Waals surface area contributed by atoms with Crippen molar-refractivity contribution in [2.24, 2.45) is 0 Å². The van der Waals surface area contributed by atoms with Crippen LogP contribution in [0.5, 0.6) is 0 Å². The van der Waals surface area contributed by atoms with Crippen LogP contribution in [0.25, 0.3) is 0 Å². The van der Waals surface area contributed by atoms with Gasteiger partial charge in [-0.25, -0.2) is 0 Å². The molecule has 1 aromatic rings. The third-order valence-corrected chi connectivity index (χ3v) is 5.13. The van der Waals surface area contributed by atoms with Gasteiger partial charge in [-0.05, 0) is 12.5 Å². The number of carboxylic acid groups (broad SMARTS) is 1. The normalized spacial score (nSPS) is 15.5. The maximum Gasteiger partial charge on any atom is 0.280 e. The number of nitrogens with one attached hydrogen (secondary N) is 2. The molecule has 0 atom stereocenters. The molecule has 0 aromatic carbocycles. The summed E-state index contributed by atoms with van der Waals surface area (Å²) < 4.78 is 0. The van der Waals surface area contributed by atoms with Crippen LogP contribution in [0.2, 0.25) is 0 Å². The number of piperazine rings is 1. The van der Waals surface area contributed by atoms with Gasteiger partial charge >= 0.3 is 0 Å². The first-order chi connectivity index (χ1) is 10.9. The largest absolute Gasteiger partial charge is 0.545 e. The van der Waals surface area contributed by atoms with E-state index in [2.05, 4.69) is 5.32 Å². The molecule has 2 rings (SSSR count). The molecule has 126 valence electrons. The Morgan fingerprint density at radius 3 is 2.52 bits per heavy atom. The summed E-state index contributed by atoms with van der Waals surface area (Å²) >= 11 is 1.27. The van der Waals surface area contributed by atoms with Crippen molar-refractivity contribution < 1.29 is 24.4 Å². The van der Waals surface area contributed by atoms with Gasteiger partial charge in [0.2, 0.25) is 5.91 Å². The number of aryl methyl sites for hydroxylation is 1. The minimum Gasteiger partial charge on any atom is -0.545 e. The fraction of sp³-hybridized carbons (Fsp3) is 0.533. The maximum atomic E-state index is 12.1. The molecule has 0 radical (unpaired) electrons. The van der Waals surface area contributed by atoms with Crippen molar-refractivity contribution in [3.8, 4) is 0 Å². The Balaban J connectivity index is 1.92. The number of amides is 2. The Hall–Kier alpha value is -1.93. The molecule has 0 bridgehead atoms. The number of quaternary nitrogens is 1. The summed E-state index contributed by atoms with van der Waals surface area (Å²) in [6.45, 7) is 6.44. The van der Waals surface area contributed by atoms with Crippen molar-refractivity contribution in [1.29, 1.82) is 0 Å². The quantitative estimate of drug-likeness (QED) is 0.673. The summed E-state index contributed by atoms with van der Waals surface area (Å²) in [4.78, 5) is 38.3. The predicted molar refractivity (Wildman–Crippen MR) is 84.5 cm³/mol. The fourth-order valence-corrected chi connectivity index (χ4v) is 3.57. The smallest absolute Gasteiger partial charge is 0.280 e. The molecular formula is C15H21N3O4S. The second kappa shape index (κ2) is 7.56. The highest BCUT2D eigenvalue weighted by atomic mass is 32.1. The third-order valence-electron chi connectivity index (χ3n) is 3.93. The van der Waals surface area contributed by atoms with Crippen LogP contribution >= 0.6 is 11.3 Å². The van der Waals surface area contributed by atoms with Crippen LogP contribution in [0.1, 0.15) is 29.1 Å². The van der Waals surface area contributed by atoms with Gasteiger partial charge in [0.25, 0.3) is 5.91 Å². The van der Waals surface area contributed by atoms with Crippen molar-refractivity contribution in [3.63, 3.8) is 0 Å². The first-order valence-corrected chi connectivity index (χ1v) is 8.45. The van der Waals surface area contributed by atoms with E-state index in [-0.39, 0.29) is 23.9 Å². The third kappa shape index (κ3) is 4.52. The van der Waals surface area contributed by atoms with E-state index in [1.807, 2.05) is 6.92 Å². The Morgan fingerprint density at radius 2 is 2.00 bits per heavy atom. The molecule has 2 amide bonds. The highest BCUT2D eigenvalue weighted by molar-refractivity contribution is 7.16. The van der Waals surface area contributed by atoms with E-state index in [4.69, 9.17) is 0 Å². The SMILES string of the molecule is CCc1cc(C(=O)[O-])c(NC(=O)C[NH+]2CCN(C(C)=O)CC2)s1. The predicted octanol–water partition coefficient (Wildman–Crippen LogP) is -1.64. The molecule has 0 spiro atoms. The maximum absolute atomic E-state index is 12.1. The minimum atomic E-state index is -1.28. The van der Waals surface area contributed by atoms with E-state index in [0.717, 1.165) is 9.78 Å². The molecule has 1 aliphatic rings. The van der Waals surface area contributed by atoms with Crippen LogP contribution in [0.3, 0.4) is 0 Å². The number of hydrogen-bond acceptors (Lipinski definition) is 5. The Kier molecular flexibility index (Phi) is 5.73. The standard InChI is InChI=1S/C15H21N3O4S/c1-3-11-8-12(15(21)22)14(23-11)16-13(20)9-17-4-6-18(7-5-17)10(2)19/h8H,3-7,9H2,1-2H3,(H,16,20)(H,21,22). The Morgan fingerprint density at radius 1 is 1.35 bits per heavy atom. The highest BCUT2D eigenvalue weighted by Crippen LogP contribution is 2.27. The van der Waals surface area contributed by atoms with Crippen LogP contribution in [-0.4, -0.2) is 55.4 Å². The zero-order valence-electron chi connectivity index (χ0n) is 13.3. The molecule has 7 nitrogen and oxygen atoms in total. The van der Waals surface area contributed by atoms with Crippen LogP contribution in [0, 0.1) is 0 Å². The molecule has 1 fully saturated rings. The van der Waals surface area contributed by atoms with Crippen molar-refractivity contribution in [2.45, 2.75) is 20.3 Å². The van der Waals surface area contributed by atoms with Gasteiger partial charge in [-0.1, -0.05) is 6.92 Å². The number of nitrogens with zero attached hydrogens (tertiary/aromatic N) is 1. The summed E-state index contributed by atoms with van der Waals surface area (Å²) in [5.74, 6) is -1.44. The van der Waals surface area contributed by atoms with Gasteiger partial charge in [-0.3, -0.25) is 9.59 Å². The molecule has 0 saturated carbocycles. The summed E-state index contributed by atoms with van der Waals surface area (Å²) in [7, 11) is 0. The molecular weight excluding hydrogens is 318 g/mol. The van der Waals surface area contributed by atoms with Gasteiger partial charge in [0.05, 0.1) is 32.1 Å². The van der Waals surface area contributed by atoms with Crippen molar-refractivity contribution >= 4 is 34.1 Å². The zero-order chi connectivity index (χ0) is 17.0. The topological polar surface area (TPSA) is 94.0 Å². The number of aromatic carboxylic acids is 1. The average Bonchev–Trinajstić information content (AvgIpc) is 2.90. The summed E-state index contributed by atoms with van der Waals surface area (Å²) in [5, 5.41) is 14.2. The van der Waals surface area contributed by atoms with E-state index in [1.54, 1.807) is 17.9 Å². The Labute approximate surface area is 138 Å². The van der Waals surface area contributed by atoms with E-state index in [9.17, 15) is 19.5 Å². The van der Waals surface area contributed by atoms with Crippen molar-refractivity contribution in [3.05, 3.63) is 16.5 Å². The van der Waals surface area contributed by atoms with Gasteiger partial charge in [-0.15, -0.1) is 11.3 Å². The molecule has 2 heterocycles. The second-order valence-electron chi connectivity index (χ2n) is 5.58. The van der Waals surface area contributed by atoms with E-state index in [1.165, 1.54) is 11.3 Å². The highest BCUT2D eigenvalue weighted by Gasteiger charge is 2.24. The van der Waals surface area contributed by atoms with Gasteiger partial charge in [0, 0.05) is 17.4 Å².